The van der Waals surface area contributed by atoms with Crippen molar-refractivity contribution in [2.45, 2.75) is 58.3 Å². The number of hydrogen-bond acceptors (Lipinski definition) is 3. The number of nitro groups is 1. The third-order valence-electron chi connectivity index (χ3n) is 3.72. The zero-order valence-corrected chi connectivity index (χ0v) is 14.4. The van der Waals surface area contributed by atoms with Gasteiger partial charge in [0.05, 0.1) is 4.92 Å². The maximum Gasteiger partial charge on any atom is 0.283 e. The van der Waals surface area contributed by atoms with E-state index in [0.29, 0.717) is 6.54 Å². The fourth-order valence-corrected chi connectivity index (χ4v) is 2.57. The molecule has 0 aliphatic heterocycles. The minimum atomic E-state index is -0.586. The van der Waals surface area contributed by atoms with Gasteiger partial charge in [-0.15, -0.1) is 0 Å². The van der Waals surface area contributed by atoms with E-state index in [1.807, 2.05) is 0 Å². The van der Waals surface area contributed by atoms with Gasteiger partial charge < -0.3 is 5.32 Å². The lowest BCUT2D eigenvalue weighted by Crippen LogP contribution is -2.25. The van der Waals surface area contributed by atoms with Gasteiger partial charge in [0.15, 0.2) is 0 Å². The first-order chi connectivity index (χ1) is 11.1. The van der Waals surface area contributed by atoms with E-state index in [1.165, 1.54) is 56.7 Å². The lowest BCUT2D eigenvalue weighted by molar-refractivity contribution is -0.385. The number of nitro benzene ring substituents is 1. The minimum Gasteiger partial charge on any atom is -0.352 e. The number of benzene rings is 1. The zero-order chi connectivity index (χ0) is 17.1. The second-order valence-corrected chi connectivity index (χ2v) is 6.09. The van der Waals surface area contributed by atoms with Crippen molar-refractivity contribution in [3.63, 3.8) is 0 Å². The zero-order valence-electron chi connectivity index (χ0n) is 13.6. The van der Waals surface area contributed by atoms with Crippen LogP contribution in [0.4, 0.5) is 5.69 Å². The van der Waals surface area contributed by atoms with Crippen molar-refractivity contribution in [2.24, 2.45) is 0 Å². The molecule has 0 saturated carbocycles. The normalized spacial score (nSPS) is 10.5. The molecule has 0 spiro atoms. The summed E-state index contributed by atoms with van der Waals surface area (Å²) in [4.78, 5) is 22.4. The van der Waals surface area contributed by atoms with Crippen molar-refractivity contribution in [2.75, 3.05) is 6.54 Å². The van der Waals surface area contributed by atoms with Crippen LogP contribution in [0.3, 0.4) is 0 Å². The first-order valence-corrected chi connectivity index (χ1v) is 8.66. The van der Waals surface area contributed by atoms with Gasteiger partial charge in [-0.05, 0) is 18.6 Å². The van der Waals surface area contributed by atoms with Crippen LogP contribution in [0.5, 0.6) is 0 Å². The fraction of sp³-hybridized carbons (Fsp3) is 0.588. The molecule has 1 rings (SSSR count). The molecule has 23 heavy (non-hydrogen) atoms. The van der Waals surface area contributed by atoms with Gasteiger partial charge in [-0.1, -0.05) is 63.5 Å². The van der Waals surface area contributed by atoms with Crippen LogP contribution in [0.25, 0.3) is 0 Å². The van der Waals surface area contributed by atoms with Crippen molar-refractivity contribution in [3.05, 3.63) is 38.9 Å². The minimum absolute atomic E-state index is 0.0546. The van der Waals surface area contributed by atoms with Crippen LogP contribution in [0, 0.1) is 10.1 Å². The molecule has 5 nitrogen and oxygen atoms in total. The van der Waals surface area contributed by atoms with E-state index in [-0.39, 0.29) is 16.3 Å². The first-order valence-electron chi connectivity index (χ1n) is 8.28. The second kappa shape index (κ2) is 11.0. The van der Waals surface area contributed by atoms with Gasteiger partial charge in [-0.2, -0.15) is 0 Å². The smallest absolute Gasteiger partial charge is 0.283 e. The number of rotatable bonds is 11. The van der Waals surface area contributed by atoms with Crippen molar-refractivity contribution >= 4 is 23.2 Å². The van der Waals surface area contributed by atoms with Crippen LogP contribution >= 0.6 is 11.6 Å². The van der Waals surface area contributed by atoms with E-state index in [0.717, 1.165) is 12.8 Å². The average molecular weight is 341 g/mol. The number of hydrogen-bond donors (Lipinski definition) is 1. The Balaban J connectivity index is 2.28. The van der Waals surface area contributed by atoms with Crippen molar-refractivity contribution in [1.29, 1.82) is 0 Å². The molecular weight excluding hydrogens is 316 g/mol. The monoisotopic (exact) mass is 340 g/mol. The van der Waals surface area contributed by atoms with Gasteiger partial charge in [-0.3, -0.25) is 14.9 Å². The third kappa shape index (κ3) is 7.46. The van der Waals surface area contributed by atoms with E-state index in [2.05, 4.69) is 12.2 Å². The summed E-state index contributed by atoms with van der Waals surface area (Å²) in [5, 5.41) is 14.0. The maximum absolute atomic E-state index is 12.0. The number of carbonyl (C=O) groups is 1. The highest BCUT2D eigenvalue weighted by Crippen LogP contribution is 2.23. The summed E-state index contributed by atoms with van der Waals surface area (Å²) in [7, 11) is 0. The molecule has 0 aliphatic carbocycles. The maximum atomic E-state index is 12.0. The SMILES string of the molecule is CCCCCCCCCCNC(=O)c1ccc(Cl)cc1[N+](=O)[O-]. The van der Waals surface area contributed by atoms with Gasteiger partial charge >= 0.3 is 0 Å². The predicted octanol–water partition coefficient (Wildman–Crippen LogP) is 5.12. The molecule has 0 saturated heterocycles. The van der Waals surface area contributed by atoms with E-state index < -0.39 is 10.8 Å². The Morgan fingerprint density at radius 1 is 1.13 bits per heavy atom. The van der Waals surface area contributed by atoms with Gasteiger partial charge in [0, 0.05) is 17.6 Å². The summed E-state index contributed by atoms with van der Waals surface area (Å²) in [5.41, 5.74) is -0.204. The Labute approximate surface area is 142 Å². The molecule has 6 heteroatoms. The van der Waals surface area contributed by atoms with Crippen LogP contribution in [0.2, 0.25) is 5.02 Å². The molecule has 0 fully saturated rings. The Morgan fingerprint density at radius 3 is 2.35 bits per heavy atom. The number of amides is 1. The molecule has 0 radical (unpaired) electrons. The summed E-state index contributed by atoms with van der Waals surface area (Å²) in [6.07, 6.45) is 9.48. The van der Waals surface area contributed by atoms with Crippen LogP contribution in [0.1, 0.15) is 68.6 Å². The van der Waals surface area contributed by atoms with Crippen molar-refractivity contribution in [3.8, 4) is 0 Å². The number of halogens is 1. The predicted molar refractivity (Wildman–Crippen MR) is 93.0 cm³/mol. The number of unbranched alkanes of at least 4 members (excludes halogenated alkanes) is 7. The Hall–Kier alpha value is -1.62. The number of carbonyl (C=O) groups excluding carboxylic acids is 1. The second-order valence-electron chi connectivity index (χ2n) is 5.65. The molecule has 0 atom stereocenters. The molecule has 0 bridgehead atoms. The lowest BCUT2D eigenvalue weighted by Gasteiger charge is -2.06. The van der Waals surface area contributed by atoms with Crippen LogP contribution in [-0.2, 0) is 0 Å². The van der Waals surface area contributed by atoms with Gasteiger partial charge in [0.2, 0.25) is 0 Å². The Bertz CT molecular complexity index is 521. The Morgan fingerprint density at radius 2 is 1.74 bits per heavy atom. The quantitative estimate of drug-likeness (QED) is 0.345. The molecule has 1 N–H and O–H groups in total. The average Bonchev–Trinajstić information content (AvgIpc) is 2.53. The molecule has 0 unspecified atom stereocenters. The Kier molecular flexibility index (Phi) is 9.29. The van der Waals surface area contributed by atoms with Crippen LogP contribution in [0.15, 0.2) is 18.2 Å². The van der Waals surface area contributed by atoms with Crippen molar-refractivity contribution < 1.29 is 9.72 Å². The molecule has 1 amide bonds. The number of nitrogens with one attached hydrogen (secondary N) is 1. The highest BCUT2D eigenvalue weighted by Gasteiger charge is 2.19. The summed E-state index contributed by atoms with van der Waals surface area (Å²) in [5.74, 6) is -0.420. The van der Waals surface area contributed by atoms with E-state index in [9.17, 15) is 14.9 Å². The highest BCUT2D eigenvalue weighted by atomic mass is 35.5. The van der Waals surface area contributed by atoms with E-state index in [1.54, 1.807) is 0 Å². The van der Waals surface area contributed by atoms with Crippen LogP contribution in [-0.4, -0.2) is 17.4 Å². The molecular formula is C17H25ClN2O3. The molecule has 1 aromatic rings. The lowest BCUT2D eigenvalue weighted by atomic mass is 10.1. The van der Waals surface area contributed by atoms with E-state index in [4.69, 9.17) is 11.6 Å². The molecule has 0 heterocycles. The van der Waals surface area contributed by atoms with Gasteiger partial charge in [0.25, 0.3) is 11.6 Å². The summed E-state index contributed by atoms with van der Waals surface area (Å²) in [6.45, 7) is 2.74. The topological polar surface area (TPSA) is 72.2 Å². The third-order valence-corrected chi connectivity index (χ3v) is 3.95. The molecule has 0 aliphatic rings. The first kappa shape index (κ1) is 19.4. The van der Waals surface area contributed by atoms with E-state index >= 15 is 0 Å². The summed E-state index contributed by atoms with van der Waals surface area (Å²) in [6, 6.07) is 4.08. The van der Waals surface area contributed by atoms with Crippen molar-refractivity contribution in [1.82, 2.24) is 5.32 Å². The summed E-state index contributed by atoms with van der Waals surface area (Å²) < 4.78 is 0. The van der Waals surface area contributed by atoms with Crippen LogP contribution < -0.4 is 5.32 Å². The largest absolute Gasteiger partial charge is 0.352 e. The summed E-state index contributed by atoms with van der Waals surface area (Å²) >= 11 is 5.74. The molecule has 128 valence electrons. The van der Waals surface area contributed by atoms with Gasteiger partial charge in [-0.25, -0.2) is 0 Å². The number of nitrogens with zero attached hydrogens (tertiary/aromatic N) is 1. The standard InChI is InChI=1S/C17H25ClN2O3/c1-2-3-4-5-6-7-8-9-12-19-17(21)15-11-10-14(18)13-16(15)20(22)23/h10-11,13H,2-9,12H2,1H3,(H,19,21). The fourth-order valence-electron chi connectivity index (χ4n) is 2.40. The molecule has 1 aromatic carbocycles. The highest BCUT2D eigenvalue weighted by molar-refractivity contribution is 6.31. The molecule has 0 aromatic heterocycles. The van der Waals surface area contributed by atoms with Gasteiger partial charge in [0.1, 0.15) is 5.56 Å².